The van der Waals surface area contributed by atoms with Crippen molar-refractivity contribution < 1.29 is 24.0 Å². The maximum absolute atomic E-state index is 13.0. The first kappa shape index (κ1) is 28.1. The number of nitro groups is 1. The van der Waals surface area contributed by atoms with Gasteiger partial charge in [-0.05, 0) is 44.5 Å². The molecule has 0 fully saturated rings. The van der Waals surface area contributed by atoms with E-state index in [-0.39, 0.29) is 30.1 Å². The van der Waals surface area contributed by atoms with Crippen LogP contribution in [0.1, 0.15) is 57.2 Å². The van der Waals surface area contributed by atoms with E-state index in [1.54, 1.807) is 31.2 Å². The van der Waals surface area contributed by atoms with Crippen molar-refractivity contribution in [3.05, 3.63) is 74.3 Å². The summed E-state index contributed by atoms with van der Waals surface area (Å²) in [6.07, 6.45) is 0. The van der Waals surface area contributed by atoms with Crippen LogP contribution in [0.25, 0.3) is 0 Å². The minimum atomic E-state index is -1.15. The molecule has 11 heteroatoms. The molecule has 2 aromatic carbocycles. The van der Waals surface area contributed by atoms with E-state index >= 15 is 0 Å². The van der Waals surface area contributed by atoms with Gasteiger partial charge in [0.25, 0.3) is 10.9 Å². The third-order valence-electron chi connectivity index (χ3n) is 4.24. The molecule has 9 nitrogen and oxygen atoms in total. The molecule has 0 saturated heterocycles. The van der Waals surface area contributed by atoms with E-state index in [4.69, 9.17) is 16.3 Å². The van der Waals surface area contributed by atoms with Crippen molar-refractivity contribution in [3.63, 3.8) is 0 Å². The predicted molar refractivity (Wildman–Crippen MR) is 119 cm³/mol. The van der Waals surface area contributed by atoms with Gasteiger partial charge in [-0.2, -0.15) is 0 Å². The molecule has 0 heterocycles. The third kappa shape index (κ3) is 6.56. The number of esters is 1. The highest BCUT2D eigenvalue weighted by Gasteiger charge is 2.35. The van der Waals surface area contributed by atoms with Gasteiger partial charge in [0.15, 0.2) is 5.78 Å². The van der Waals surface area contributed by atoms with Gasteiger partial charge in [-0.25, -0.2) is 0 Å². The SMILES string of the molecule is CCOC(=O)C(C)c1c(C(=O)c2ccc(C)cc2)ccc(C(=O)Cl)c1[N+](=O)[O-].Cl.NN. The molecule has 2 rings (SSSR count). The van der Waals surface area contributed by atoms with Crippen molar-refractivity contribution in [2.45, 2.75) is 26.7 Å². The van der Waals surface area contributed by atoms with E-state index in [0.29, 0.717) is 5.56 Å². The number of halogens is 2. The predicted octanol–water partition coefficient (Wildman–Crippen LogP) is 3.42. The van der Waals surface area contributed by atoms with Gasteiger partial charge in [-0.15, -0.1) is 12.4 Å². The topological polar surface area (TPSA) is 156 Å². The largest absolute Gasteiger partial charge is 0.466 e. The average Bonchev–Trinajstić information content (AvgIpc) is 2.73. The van der Waals surface area contributed by atoms with Crippen LogP contribution in [0.2, 0.25) is 0 Å². The third-order valence-corrected chi connectivity index (χ3v) is 4.45. The molecular weight excluding hydrogens is 449 g/mol. The number of hydrazine groups is 1. The van der Waals surface area contributed by atoms with E-state index in [2.05, 4.69) is 11.7 Å². The zero-order chi connectivity index (χ0) is 23.0. The second-order valence-corrected chi connectivity index (χ2v) is 6.47. The van der Waals surface area contributed by atoms with E-state index in [9.17, 15) is 24.5 Å². The van der Waals surface area contributed by atoms with Crippen molar-refractivity contribution in [2.75, 3.05) is 6.61 Å². The first-order chi connectivity index (χ1) is 14.2. The molecule has 0 amide bonds. The van der Waals surface area contributed by atoms with Gasteiger partial charge < -0.3 is 4.74 Å². The van der Waals surface area contributed by atoms with Gasteiger partial charge >= 0.3 is 5.97 Å². The lowest BCUT2D eigenvalue weighted by Gasteiger charge is -2.16. The van der Waals surface area contributed by atoms with E-state index in [1.165, 1.54) is 13.0 Å². The molecular formula is C20H23Cl2N3O6. The lowest BCUT2D eigenvalue weighted by atomic mass is 9.87. The Morgan fingerprint density at radius 3 is 2.06 bits per heavy atom. The Labute approximate surface area is 190 Å². The van der Waals surface area contributed by atoms with Gasteiger partial charge in [0.05, 0.1) is 23.0 Å². The average molecular weight is 472 g/mol. The lowest BCUT2D eigenvalue weighted by Crippen LogP contribution is -2.19. The smallest absolute Gasteiger partial charge is 0.313 e. The summed E-state index contributed by atoms with van der Waals surface area (Å²) in [5.74, 6) is 5.59. The summed E-state index contributed by atoms with van der Waals surface area (Å²) in [5.41, 5.74) is -0.0806. The monoisotopic (exact) mass is 471 g/mol. The molecule has 0 saturated carbocycles. The summed E-state index contributed by atoms with van der Waals surface area (Å²) in [5, 5.41) is 10.7. The zero-order valence-electron chi connectivity index (χ0n) is 17.1. The molecule has 1 unspecified atom stereocenters. The Bertz CT molecular complexity index is 964. The maximum atomic E-state index is 13.0. The number of nitrogens with zero attached hydrogens (tertiary/aromatic N) is 1. The van der Waals surface area contributed by atoms with Gasteiger partial charge in [-0.3, -0.25) is 36.2 Å². The molecule has 0 radical (unpaired) electrons. The number of hydrogen-bond donors (Lipinski definition) is 2. The number of rotatable bonds is 7. The molecule has 0 aliphatic rings. The lowest BCUT2D eigenvalue weighted by molar-refractivity contribution is -0.385. The number of carbonyl (C=O) groups excluding carboxylic acids is 3. The molecule has 168 valence electrons. The van der Waals surface area contributed by atoms with Crippen LogP contribution in [0.3, 0.4) is 0 Å². The summed E-state index contributed by atoms with van der Waals surface area (Å²) in [6, 6.07) is 9.03. The van der Waals surface area contributed by atoms with Crippen LogP contribution in [0.5, 0.6) is 0 Å². The van der Waals surface area contributed by atoms with Crippen LogP contribution in [0.4, 0.5) is 5.69 Å². The van der Waals surface area contributed by atoms with Crippen LogP contribution in [-0.4, -0.2) is 28.5 Å². The number of benzene rings is 2. The summed E-state index contributed by atoms with van der Waals surface area (Å²) >= 11 is 5.49. The van der Waals surface area contributed by atoms with Crippen molar-refractivity contribution >= 4 is 46.7 Å². The number of ether oxygens (including phenoxy) is 1. The highest BCUT2D eigenvalue weighted by atomic mass is 35.5. The fourth-order valence-corrected chi connectivity index (χ4v) is 3.00. The fourth-order valence-electron chi connectivity index (χ4n) is 2.85. The summed E-state index contributed by atoms with van der Waals surface area (Å²) in [4.78, 5) is 47.9. The second-order valence-electron chi connectivity index (χ2n) is 6.12. The van der Waals surface area contributed by atoms with E-state index < -0.39 is 39.1 Å². The summed E-state index contributed by atoms with van der Waals surface area (Å²) in [7, 11) is 0. The second kappa shape index (κ2) is 12.8. The first-order valence-electron chi connectivity index (χ1n) is 8.81. The highest BCUT2D eigenvalue weighted by molar-refractivity contribution is 6.68. The number of carbonyl (C=O) groups is 3. The zero-order valence-corrected chi connectivity index (χ0v) is 18.7. The summed E-state index contributed by atoms with van der Waals surface area (Å²) in [6.45, 7) is 4.89. The van der Waals surface area contributed by atoms with Crippen LogP contribution in [0.15, 0.2) is 36.4 Å². The van der Waals surface area contributed by atoms with Crippen molar-refractivity contribution in [2.24, 2.45) is 11.7 Å². The minimum absolute atomic E-state index is 0. The molecule has 31 heavy (non-hydrogen) atoms. The highest BCUT2D eigenvalue weighted by Crippen LogP contribution is 2.36. The van der Waals surface area contributed by atoms with Gasteiger partial charge in [0.1, 0.15) is 5.56 Å². The molecule has 0 spiro atoms. The van der Waals surface area contributed by atoms with Crippen LogP contribution >= 0.6 is 24.0 Å². The van der Waals surface area contributed by atoms with Crippen molar-refractivity contribution in [3.8, 4) is 0 Å². The molecule has 4 N–H and O–H groups in total. The molecule has 0 aliphatic heterocycles. The minimum Gasteiger partial charge on any atom is -0.466 e. The van der Waals surface area contributed by atoms with Crippen LogP contribution < -0.4 is 11.7 Å². The number of aryl methyl sites for hydroxylation is 1. The summed E-state index contributed by atoms with van der Waals surface area (Å²) < 4.78 is 4.96. The Kier molecular flexibility index (Phi) is 11.6. The number of ketones is 1. The Hall–Kier alpha value is -2.85. The van der Waals surface area contributed by atoms with Crippen molar-refractivity contribution in [1.82, 2.24) is 0 Å². The normalized spacial score (nSPS) is 10.6. The molecule has 1 atom stereocenters. The Morgan fingerprint density at radius 2 is 1.61 bits per heavy atom. The van der Waals surface area contributed by atoms with Crippen LogP contribution in [-0.2, 0) is 9.53 Å². The van der Waals surface area contributed by atoms with E-state index in [1.807, 2.05) is 6.92 Å². The first-order valence-corrected chi connectivity index (χ1v) is 9.19. The van der Waals surface area contributed by atoms with Gasteiger partial charge in [-0.1, -0.05) is 29.8 Å². The fraction of sp³-hybridized carbons (Fsp3) is 0.250. The van der Waals surface area contributed by atoms with E-state index in [0.717, 1.165) is 11.6 Å². The molecule has 0 aliphatic carbocycles. The molecule has 2 aromatic rings. The quantitative estimate of drug-likeness (QED) is 0.155. The van der Waals surface area contributed by atoms with Gasteiger partial charge in [0, 0.05) is 11.1 Å². The number of hydrogen-bond acceptors (Lipinski definition) is 8. The maximum Gasteiger partial charge on any atom is 0.313 e. The number of nitro benzene ring substituents is 1. The van der Waals surface area contributed by atoms with Crippen LogP contribution in [0, 0.1) is 17.0 Å². The standard InChI is InChI=1S/C20H18ClNO6.ClH.H4N2/c1-4-28-20(25)12(3)16-14(18(23)13-7-5-11(2)6-8-13)9-10-15(19(21)24)17(16)22(26)27;;1-2/h5-10,12H,4H2,1-3H3;1H;1-2H2. The van der Waals surface area contributed by atoms with Gasteiger partial charge in [0.2, 0.25) is 0 Å². The number of nitrogens with two attached hydrogens (primary N) is 2. The van der Waals surface area contributed by atoms with Crippen molar-refractivity contribution in [1.29, 1.82) is 0 Å². The Balaban J connectivity index is 0.00000291. The molecule has 0 aromatic heterocycles. The Morgan fingerprint density at radius 1 is 1.10 bits per heavy atom. The molecule has 0 bridgehead atoms.